The molecule has 2 rings (SSSR count). The lowest BCUT2D eigenvalue weighted by molar-refractivity contribution is 0.416. The van der Waals surface area contributed by atoms with Crippen molar-refractivity contribution in [1.82, 2.24) is 15.1 Å². The first-order valence-electron chi connectivity index (χ1n) is 8.50. The summed E-state index contributed by atoms with van der Waals surface area (Å²) in [5.41, 5.74) is 1.19. The van der Waals surface area contributed by atoms with Gasteiger partial charge in [0.25, 0.3) is 0 Å². The third-order valence-electron chi connectivity index (χ3n) is 4.81. The molecule has 1 heterocycles. The first-order valence-corrected chi connectivity index (χ1v) is 8.50. The van der Waals surface area contributed by atoms with Gasteiger partial charge in [-0.1, -0.05) is 33.6 Å². The third-order valence-corrected chi connectivity index (χ3v) is 4.81. The molecule has 1 fully saturated rings. The van der Waals surface area contributed by atoms with Crippen molar-refractivity contribution in [2.45, 2.75) is 84.3 Å². The van der Waals surface area contributed by atoms with Crippen LogP contribution in [0.4, 0.5) is 0 Å². The second kappa shape index (κ2) is 7.82. The molecule has 1 aliphatic rings. The third kappa shape index (κ3) is 4.34. The fourth-order valence-corrected chi connectivity index (χ4v) is 3.28. The molecular weight excluding hydrogens is 246 g/mol. The van der Waals surface area contributed by atoms with Gasteiger partial charge in [-0.3, -0.25) is 4.68 Å². The summed E-state index contributed by atoms with van der Waals surface area (Å²) >= 11 is 0. The second-order valence-electron chi connectivity index (χ2n) is 6.45. The van der Waals surface area contributed by atoms with Gasteiger partial charge in [0.1, 0.15) is 0 Å². The highest BCUT2D eigenvalue weighted by atomic mass is 15.3. The van der Waals surface area contributed by atoms with Crippen molar-refractivity contribution in [1.29, 1.82) is 0 Å². The largest absolute Gasteiger partial charge is 0.308 e. The summed E-state index contributed by atoms with van der Waals surface area (Å²) in [5.74, 6) is 0.913. The fraction of sp³-hybridized carbons (Fsp3) is 0.824. The van der Waals surface area contributed by atoms with Crippen LogP contribution in [0.5, 0.6) is 0 Å². The standard InChI is InChI=1S/C17H31N3/c1-4-17(5-2)20-12-11-16(19-20)13-18-15-8-6-7-14(3)9-10-15/h11-12,14-15,17-18H,4-10,13H2,1-3H3. The maximum atomic E-state index is 4.73. The lowest BCUT2D eigenvalue weighted by atomic mass is 10.0. The van der Waals surface area contributed by atoms with E-state index in [2.05, 4.69) is 43.0 Å². The Morgan fingerprint density at radius 2 is 2.05 bits per heavy atom. The summed E-state index contributed by atoms with van der Waals surface area (Å²) in [7, 11) is 0. The van der Waals surface area contributed by atoms with E-state index in [1.54, 1.807) is 0 Å². The minimum atomic E-state index is 0.558. The van der Waals surface area contributed by atoms with Gasteiger partial charge in [-0.25, -0.2) is 0 Å². The molecule has 0 spiro atoms. The number of rotatable bonds is 6. The average molecular weight is 277 g/mol. The molecule has 0 radical (unpaired) electrons. The summed E-state index contributed by atoms with van der Waals surface area (Å²) < 4.78 is 2.15. The molecule has 0 aliphatic heterocycles. The molecule has 1 aliphatic carbocycles. The highest BCUT2D eigenvalue weighted by Gasteiger charge is 2.16. The fourth-order valence-electron chi connectivity index (χ4n) is 3.28. The second-order valence-corrected chi connectivity index (χ2v) is 6.45. The number of nitrogens with one attached hydrogen (secondary N) is 1. The van der Waals surface area contributed by atoms with Crippen LogP contribution in [0.1, 0.15) is 77.5 Å². The van der Waals surface area contributed by atoms with Gasteiger partial charge in [0.05, 0.1) is 11.7 Å². The van der Waals surface area contributed by atoms with Gasteiger partial charge >= 0.3 is 0 Å². The van der Waals surface area contributed by atoms with E-state index in [0.29, 0.717) is 12.1 Å². The summed E-state index contributed by atoms with van der Waals surface area (Å²) in [5, 5.41) is 8.44. The normalized spacial score (nSPS) is 24.0. The molecule has 3 heteroatoms. The van der Waals surface area contributed by atoms with Crippen LogP contribution in [-0.4, -0.2) is 15.8 Å². The smallest absolute Gasteiger partial charge is 0.0762 e. The van der Waals surface area contributed by atoms with Crippen molar-refractivity contribution in [3.05, 3.63) is 18.0 Å². The van der Waals surface area contributed by atoms with Gasteiger partial charge in [0, 0.05) is 18.8 Å². The lowest BCUT2D eigenvalue weighted by Crippen LogP contribution is -2.28. The van der Waals surface area contributed by atoms with E-state index in [0.717, 1.165) is 25.3 Å². The Morgan fingerprint density at radius 3 is 2.80 bits per heavy atom. The topological polar surface area (TPSA) is 29.9 Å². The molecule has 0 aromatic carbocycles. The minimum Gasteiger partial charge on any atom is -0.308 e. The van der Waals surface area contributed by atoms with E-state index in [1.807, 2.05) is 0 Å². The van der Waals surface area contributed by atoms with Crippen molar-refractivity contribution in [3.63, 3.8) is 0 Å². The average Bonchev–Trinajstić information content (AvgIpc) is 2.81. The van der Waals surface area contributed by atoms with Crippen LogP contribution in [0.25, 0.3) is 0 Å². The molecule has 0 saturated heterocycles. The van der Waals surface area contributed by atoms with Crippen LogP contribution in [0, 0.1) is 5.92 Å². The van der Waals surface area contributed by atoms with Crippen LogP contribution < -0.4 is 5.32 Å². The Morgan fingerprint density at radius 1 is 1.25 bits per heavy atom. The van der Waals surface area contributed by atoms with E-state index < -0.39 is 0 Å². The van der Waals surface area contributed by atoms with Gasteiger partial charge in [-0.15, -0.1) is 0 Å². The predicted octanol–water partition coefficient (Wildman–Crippen LogP) is 4.30. The molecule has 1 N–H and O–H groups in total. The van der Waals surface area contributed by atoms with Crippen LogP contribution in [0.15, 0.2) is 12.3 Å². The van der Waals surface area contributed by atoms with Gasteiger partial charge in [0.2, 0.25) is 0 Å². The van der Waals surface area contributed by atoms with Crippen molar-refractivity contribution >= 4 is 0 Å². The molecule has 2 atom stereocenters. The first-order chi connectivity index (χ1) is 9.72. The molecule has 0 amide bonds. The van der Waals surface area contributed by atoms with Crippen LogP contribution in [0.2, 0.25) is 0 Å². The molecule has 0 bridgehead atoms. The van der Waals surface area contributed by atoms with Crippen molar-refractivity contribution < 1.29 is 0 Å². The van der Waals surface area contributed by atoms with Gasteiger partial charge in [0.15, 0.2) is 0 Å². The molecule has 20 heavy (non-hydrogen) atoms. The van der Waals surface area contributed by atoms with E-state index in [1.165, 1.54) is 37.8 Å². The molecule has 1 aromatic rings. The van der Waals surface area contributed by atoms with E-state index >= 15 is 0 Å². The predicted molar refractivity (Wildman–Crippen MR) is 84.7 cm³/mol. The quantitative estimate of drug-likeness (QED) is 0.786. The number of aromatic nitrogens is 2. The Balaban J connectivity index is 1.81. The lowest BCUT2D eigenvalue weighted by Gasteiger charge is -2.16. The van der Waals surface area contributed by atoms with E-state index in [-0.39, 0.29) is 0 Å². The molecule has 114 valence electrons. The monoisotopic (exact) mass is 277 g/mol. The maximum Gasteiger partial charge on any atom is 0.0762 e. The zero-order chi connectivity index (χ0) is 14.4. The number of hydrogen-bond acceptors (Lipinski definition) is 2. The summed E-state index contributed by atoms with van der Waals surface area (Å²) in [6.45, 7) is 7.78. The zero-order valence-corrected chi connectivity index (χ0v) is 13.4. The van der Waals surface area contributed by atoms with Gasteiger partial charge < -0.3 is 5.32 Å². The summed E-state index contributed by atoms with van der Waals surface area (Å²) in [6.07, 6.45) is 11.3. The van der Waals surface area contributed by atoms with Crippen molar-refractivity contribution in [3.8, 4) is 0 Å². The SMILES string of the molecule is CCC(CC)n1ccc(CNC2CCCC(C)CC2)n1. The molecule has 2 unspecified atom stereocenters. The van der Waals surface area contributed by atoms with Crippen molar-refractivity contribution in [2.75, 3.05) is 0 Å². The van der Waals surface area contributed by atoms with Crippen LogP contribution in [-0.2, 0) is 6.54 Å². The Bertz CT molecular complexity index is 381. The van der Waals surface area contributed by atoms with Gasteiger partial charge in [-0.05, 0) is 44.1 Å². The number of nitrogens with zero attached hydrogens (tertiary/aromatic N) is 2. The zero-order valence-electron chi connectivity index (χ0n) is 13.4. The molecule has 3 nitrogen and oxygen atoms in total. The first kappa shape index (κ1) is 15.6. The minimum absolute atomic E-state index is 0.558. The summed E-state index contributed by atoms with van der Waals surface area (Å²) in [6, 6.07) is 3.42. The van der Waals surface area contributed by atoms with Crippen LogP contribution in [0.3, 0.4) is 0 Å². The molecule has 1 saturated carbocycles. The molecule has 1 aromatic heterocycles. The Kier molecular flexibility index (Phi) is 6.08. The number of hydrogen-bond donors (Lipinski definition) is 1. The Labute approximate surface area is 124 Å². The van der Waals surface area contributed by atoms with Crippen LogP contribution >= 0.6 is 0 Å². The summed E-state index contributed by atoms with van der Waals surface area (Å²) in [4.78, 5) is 0. The Hall–Kier alpha value is -0.830. The highest BCUT2D eigenvalue weighted by molar-refractivity contribution is 4.99. The van der Waals surface area contributed by atoms with Gasteiger partial charge in [-0.2, -0.15) is 5.10 Å². The van der Waals surface area contributed by atoms with E-state index in [9.17, 15) is 0 Å². The molecular formula is C17H31N3. The van der Waals surface area contributed by atoms with E-state index in [4.69, 9.17) is 5.10 Å². The highest BCUT2D eigenvalue weighted by Crippen LogP contribution is 2.22. The van der Waals surface area contributed by atoms with Crippen molar-refractivity contribution in [2.24, 2.45) is 5.92 Å². The maximum absolute atomic E-state index is 4.73.